The van der Waals surface area contributed by atoms with E-state index in [1.807, 2.05) is 32.0 Å². The zero-order chi connectivity index (χ0) is 14.8. The number of hydrogen-bond acceptors (Lipinski definition) is 3. The molecule has 1 saturated carbocycles. The molecule has 4 nitrogen and oxygen atoms in total. The van der Waals surface area contributed by atoms with Gasteiger partial charge in [0.2, 0.25) is 0 Å². The minimum atomic E-state index is -0.610. The lowest BCUT2D eigenvalue weighted by Gasteiger charge is -2.42. The Hall–Kier alpha value is -2.02. The van der Waals surface area contributed by atoms with Gasteiger partial charge in [-0.3, -0.25) is 4.79 Å². The monoisotopic (exact) mass is 272 g/mol. The Morgan fingerprint density at radius 3 is 2.45 bits per heavy atom. The fraction of sp³-hybridized carbons (Fsp3) is 0.500. The molecular formula is C16H20N2O2. The van der Waals surface area contributed by atoms with Crippen LogP contribution < -0.4 is 4.74 Å². The fourth-order valence-corrected chi connectivity index (χ4v) is 2.53. The van der Waals surface area contributed by atoms with E-state index in [-0.39, 0.29) is 12.5 Å². The number of nitriles is 1. The largest absolute Gasteiger partial charge is 0.483 e. The molecule has 1 aliphatic carbocycles. The highest BCUT2D eigenvalue weighted by Crippen LogP contribution is 2.36. The summed E-state index contributed by atoms with van der Waals surface area (Å²) in [6.07, 6.45) is 2.52. The molecule has 1 aliphatic rings. The highest BCUT2D eigenvalue weighted by atomic mass is 16.5. The number of amides is 1. The van der Waals surface area contributed by atoms with Crippen LogP contribution in [0.1, 0.15) is 30.4 Å². The molecule has 0 aliphatic heterocycles. The summed E-state index contributed by atoms with van der Waals surface area (Å²) in [5.74, 6) is 0.614. The molecule has 0 unspecified atom stereocenters. The number of rotatable bonds is 4. The SMILES string of the molecule is Cc1cccc(C)c1OCC(=O)N(C)C1(C#N)CCC1. The Bertz CT molecular complexity index is 536. The van der Waals surface area contributed by atoms with Gasteiger partial charge in [-0.25, -0.2) is 0 Å². The van der Waals surface area contributed by atoms with Crippen LogP contribution >= 0.6 is 0 Å². The topological polar surface area (TPSA) is 53.3 Å². The summed E-state index contributed by atoms with van der Waals surface area (Å²) in [5.41, 5.74) is 1.42. The molecule has 0 bridgehead atoms. The minimum Gasteiger partial charge on any atom is -0.483 e. The molecule has 1 amide bonds. The minimum absolute atomic E-state index is 0.0222. The van der Waals surface area contributed by atoms with Gasteiger partial charge < -0.3 is 9.64 Å². The molecule has 4 heteroatoms. The summed E-state index contributed by atoms with van der Waals surface area (Å²) < 4.78 is 5.66. The van der Waals surface area contributed by atoms with Crippen LogP contribution in [0.5, 0.6) is 5.75 Å². The molecule has 2 rings (SSSR count). The summed E-state index contributed by atoms with van der Waals surface area (Å²) in [5, 5.41) is 9.24. The Kier molecular flexibility index (Phi) is 3.99. The molecule has 0 heterocycles. The summed E-state index contributed by atoms with van der Waals surface area (Å²) >= 11 is 0. The lowest BCUT2D eigenvalue weighted by Crippen LogP contribution is -2.54. The van der Waals surface area contributed by atoms with Crippen molar-refractivity contribution in [3.63, 3.8) is 0 Å². The molecule has 0 atom stereocenters. The van der Waals surface area contributed by atoms with Crippen molar-refractivity contribution in [3.05, 3.63) is 29.3 Å². The molecule has 0 aromatic heterocycles. The first-order chi connectivity index (χ1) is 9.50. The number of carbonyl (C=O) groups is 1. The molecular weight excluding hydrogens is 252 g/mol. The van der Waals surface area contributed by atoms with Crippen LogP contribution in [0.4, 0.5) is 0 Å². The molecule has 0 saturated heterocycles. The fourth-order valence-electron chi connectivity index (χ4n) is 2.53. The molecule has 0 radical (unpaired) electrons. The van der Waals surface area contributed by atoms with Crippen LogP contribution in [0.15, 0.2) is 18.2 Å². The zero-order valence-electron chi connectivity index (χ0n) is 12.3. The molecule has 20 heavy (non-hydrogen) atoms. The lowest BCUT2D eigenvalue weighted by molar-refractivity contribution is -0.138. The van der Waals surface area contributed by atoms with E-state index in [4.69, 9.17) is 4.74 Å². The Balaban J connectivity index is 2.01. The number of benzene rings is 1. The standard InChI is InChI=1S/C16H20N2O2/c1-12-6-4-7-13(2)15(12)20-10-14(19)18(3)16(11-17)8-5-9-16/h4,6-7H,5,8-10H2,1-3H3. The quantitative estimate of drug-likeness (QED) is 0.846. The van der Waals surface area contributed by atoms with Crippen LogP contribution in [-0.4, -0.2) is 30.0 Å². The molecule has 0 spiro atoms. The number of hydrogen-bond donors (Lipinski definition) is 0. The van der Waals surface area contributed by atoms with Crippen molar-refractivity contribution >= 4 is 5.91 Å². The van der Waals surface area contributed by atoms with Crippen molar-refractivity contribution < 1.29 is 9.53 Å². The Labute approximate surface area is 120 Å². The Morgan fingerprint density at radius 1 is 1.40 bits per heavy atom. The van der Waals surface area contributed by atoms with Gasteiger partial charge in [-0.05, 0) is 44.2 Å². The average molecular weight is 272 g/mol. The highest BCUT2D eigenvalue weighted by Gasteiger charge is 2.43. The van der Waals surface area contributed by atoms with E-state index in [2.05, 4.69) is 6.07 Å². The second kappa shape index (κ2) is 5.54. The summed E-state index contributed by atoms with van der Waals surface area (Å²) in [7, 11) is 1.69. The van der Waals surface area contributed by atoms with E-state index in [9.17, 15) is 10.1 Å². The molecule has 0 N–H and O–H groups in total. The number of carbonyl (C=O) groups excluding carboxylic acids is 1. The first-order valence-corrected chi connectivity index (χ1v) is 6.87. The van der Waals surface area contributed by atoms with Crippen LogP contribution in [0.3, 0.4) is 0 Å². The average Bonchev–Trinajstić information content (AvgIpc) is 2.37. The van der Waals surface area contributed by atoms with E-state index in [0.29, 0.717) is 0 Å². The zero-order valence-corrected chi connectivity index (χ0v) is 12.3. The number of nitrogens with zero attached hydrogens (tertiary/aromatic N) is 2. The van der Waals surface area contributed by atoms with Crippen molar-refractivity contribution in [2.75, 3.05) is 13.7 Å². The predicted molar refractivity (Wildman–Crippen MR) is 76.4 cm³/mol. The Morgan fingerprint density at radius 2 is 2.00 bits per heavy atom. The molecule has 1 aromatic carbocycles. The van der Waals surface area contributed by atoms with E-state index in [1.54, 1.807) is 11.9 Å². The third-order valence-electron chi connectivity index (χ3n) is 4.15. The predicted octanol–water partition coefficient (Wildman–Crippen LogP) is 2.59. The van der Waals surface area contributed by atoms with Gasteiger partial charge in [0.05, 0.1) is 6.07 Å². The van der Waals surface area contributed by atoms with Crippen molar-refractivity contribution in [2.45, 2.75) is 38.6 Å². The molecule has 106 valence electrons. The van der Waals surface area contributed by atoms with Crippen LogP contribution in [0.25, 0.3) is 0 Å². The second-order valence-corrected chi connectivity index (χ2v) is 5.46. The summed E-state index contributed by atoms with van der Waals surface area (Å²) in [6, 6.07) is 8.14. The number of para-hydroxylation sites is 1. The van der Waals surface area contributed by atoms with E-state index in [1.165, 1.54) is 0 Å². The van der Waals surface area contributed by atoms with Gasteiger partial charge in [0.1, 0.15) is 11.3 Å². The van der Waals surface area contributed by atoms with Crippen LogP contribution in [-0.2, 0) is 4.79 Å². The van der Waals surface area contributed by atoms with Gasteiger partial charge in [-0.1, -0.05) is 18.2 Å². The number of ether oxygens (including phenoxy) is 1. The highest BCUT2D eigenvalue weighted by molar-refractivity contribution is 5.79. The van der Waals surface area contributed by atoms with Crippen LogP contribution in [0.2, 0.25) is 0 Å². The summed E-state index contributed by atoms with van der Waals surface area (Å²) in [4.78, 5) is 13.7. The molecule has 1 fully saturated rings. The summed E-state index contributed by atoms with van der Waals surface area (Å²) in [6.45, 7) is 3.89. The van der Waals surface area contributed by atoms with E-state index in [0.717, 1.165) is 36.1 Å². The van der Waals surface area contributed by atoms with Crippen molar-refractivity contribution in [1.82, 2.24) is 4.90 Å². The van der Waals surface area contributed by atoms with Gasteiger partial charge in [0.15, 0.2) is 6.61 Å². The van der Waals surface area contributed by atoms with Crippen LogP contribution in [0, 0.1) is 25.2 Å². The molecule has 1 aromatic rings. The van der Waals surface area contributed by atoms with Crippen molar-refractivity contribution in [1.29, 1.82) is 5.26 Å². The maximum Gasteiger partial charge on any atom is 0.261 e. The maximum absolute atomic E-state index is 12.2. The van der Waals surface area contributed by atoms with Gasteiger partial charge in [0.25, 0.3) is 5.91 Å². The normalized spacial score (nSPS) is 15.9. The smallest absolute Gasteiger partial charge is 0.261 e. The van der Waals surface area contributed by atoms with E-state index >= 15 is 0 Å². The lowest BCUT2D eigenvalue weighted by atomic mass is 9.77. The van der Waals surface area contributed by atoms with Gasteiger partial charge in [0, 0.05) is 7.05 Å². The maximum atomic E-state index is 12.2. The van der Waals surface area contributed by atoms with E-state index < -0.39 is 5.54 Å². The third kappa shape index (κ3) is 2.49. The number of likely N-dealkylation sites (N-methyl/N-ethyl adjacent to an activating group) is 1. The van der Waals surface area contributed by atoms with Crippen molar-refractivity contribution in [3.8, 4) is 11.8 Å². The first-order valence-electron chi connectivity index (χ1n) is 6.87. The third-order valence-corrected chi connectivity index (χ3v) is 4.15. The number of aryl methyl sites for hydroxylation is 2. The first kappa shape index (κ1) is 14.4. The van der Waals surface area contributed by atoms with Gasteiger partial charge >= 0.3 is 0 Å². The second-order valence-electron chi connectivity index (χ2n) is 5.46. The van der Waals surface area contributed by atoms with Gasteiger partial charge in [-0.15, -0.1) is 0 Å². The van der Waals surface area contributed by atoms with Gasteiger partial charge in [-0.2, -0.15) is 5.26 Å². The van der Waals surface area contributed by atoms with Crippen molar-refractivity contribution in [2.24, 2.45) is 0 Å².